The number of aliphatic carboxylic acids is 1. The molecule has 0 unspecified atom stereocenters. The van der Waals surface area contributed by atoms with Crippen LogP contribution in [0.25, 0.3) is 10.9 Å². The Morgan fingerprint density at radius 2 is 2.26 bits per heavy atom. The number of H-pyrrole nitrogens is 1. The summed E-state index contributed by atoms with van der Waals surface area (Å²) >= 11 is 0. The fourth-order valence-electron chi connectivity index (χ4n) is 3.06. The molecule has 1 aromatic heterocycles. The molecular weight excluding hydrogens is 296 g/mol. The summed E-state index contributed by atoms with van der Waals surface area (Å²) in [5.41, 5.74) is 3.33. The number of aromatic nitrogens is 1. The molecule has 0 bridgehead atoms. The van der Waals surface area contributed by atoms with Crippen LogP contribution in [0.2, 0.25) is 0 Å². The van der Waals surface area contributed by atoms with Crippen LogP contribution in [0.1, 0.15) is 17.5 Å². The zero-order valence-electron chi connectivity index (χ0n) is 13.0. The molecule has 1 fully saturated rings. The van der Waals surface area contributed by atoms with Crippen LogP contribution in [0.3, 0.4) is 0 Å². The molecule has 6 nitrogen and oxygen atoms in total. The lowest BCUT2D eigenvalue weighted by atomic mass is 10.1. The van der Waals surface area contributed by atoms with E-state index in [0.29, 0.717) is 26.0 Å². The number of aromatic amines is 1. The molecule has 2 aromatic rings. The number of nitrogens with one attached hydrogen (secondary N) is 1. The van der Waals surface area contributed by atoms with E-state index in [9.17, 15) is 14.7 Å². The van der Waals surface area contributed by atoms with Gasteiger partial charge in [-0.1, -0.05) is 18.2 Å². The molecule has 6 heteroatoms. The van der Waals surface area contributed by atoms with E-state index >= 15 is 0 Å². The SMILES string of the molecule is Cc1cccc2c(CCC(=O)N3CCOC[C@@H]3C(=O)O)c[nH]c12. The summed E-state index contributed by atoms with van der Waals surface area (Å²) in [5.74, 6) is -1.15. The number of carbonyl (C=O) groups excluding carboxylic acids is 1. The van der Waals surface area contributed by atoms with Crippen LogP contribution in [0.15, 0.2) is 24.4 Å². The normalized spacial score (nSPS) is 18.3. The Hall–Kier alpha value is -2.34. The first-order valence-electron chi connectivity index (χ1n) is 7.73. The quantitative estimate of drug-likeness (QED) is 0.900. The highest BCUT2D eigenvalue weighted by molar-refractivity contribution is 5.87. The fourth-order valence-corrected chi connectivity index (χ4v) is 3.06. The van der Waals surface area contributed by atoms with Crippen molar-refractivity contribution in [1.82, 2.24) is 9.88 Å². The number of benzene rings is 1. The summed E-state index contributed by atoms with van der Waals surface area (Å²) in [6, 6.07) is 5.20. The number of fused-ring (bicyclic) bond motifs is 1. The maximum Gasteiger partial charge on any atom is 0.328 e. The number of carboxylic acids is 1. The highest BCUT2D eigenvalue weighted by Gasteiger charge is 2.32. The van der Waals surface area contributed by atoms with Crippen molar-refractivity contribution in [3.05, 3.63) is 35.5 Å². The van der Waals surface area contributed by atoms with Gasteiger partial charge in [0.25, 0.3) is 0 Å². The molecule has 0 aliphatic carbocycles. The van der Waals surface area contributed by atoms with Crippen molar-refractivity contribution in [3.63, 3.8) is 0 Å². The van der Waals surface area contributed by atoms with E-state index in [0.717, 1.165) is 16.5 Å². The van der Waals surface area contributed by atoms with Crippen molar-refractivity contribution in [2.24, 2.45) is 0 Å². The van der Waals surface area contributed by atoms with Crippen LogP contribution >= 0.6 is 0 Å². The summed E-state index contributed by atoms with van der Waals surface area (Å²) in [7, 11) is 0. The topological polar surface area (TPSA) is 82.6 Å². The number of carbonyl (C=O) groups is 2. The zero-order valence-corrected chi connectivity index (χ0v) is 13.0. The van der Waals surface area contributed by atoms with Crippen molar-refractivity contribution in [3.8, 4) is 0 Å². The van der Waals surface area contributed by atoms with Gasteiger partial charge in [-0.05, 0) is 24.5 Å². The van der Waals surface area contributed by atoms with Gasteiger partial charge < -0.3 is 19.7 Å². The van der Waals surface area contributed by atoms with Gasteiger partial charge in [0, 0.05) is 30.1 Å². The van der Waals surface area contributed by atoms with E-state index in [1.165, 1.54) is 10.5 Å². The van der Waals surface area contributed by atoms with E-state index < -0.39 is 12.0 Å². The molecular formula is C17H20N2O4. The number of hydrogen-bond acceptors (Lipinski definition) is 3. The van der Waals surface area contributed by atoms with E-state index in [1.807, 2.05) is 31.3 Å². The predicted molar refractivity (Wildman–Crippen MR) is 85.3 cm³/mol. The molecule has 0 saturated carbocycles. The number of ether oxygens (including phenoxy) is 1. The molecule has 1 atom stereocenters. The lowest BCUT2D eigenvalue weighted by molar-refractivity contribution is -0.158. The number of hydrogen-bond donors (Lipinski definition) is 2. The number of carboxylic acid groups (broad SMARTS) is 1. The molecule has 0 radical (unpaired) electrons. The molecule has 1 aliphatic heterocycles. The second-order valence-electron chi connectivity index (χ2n) is 5.83. The number of morpholine rings is 1. The first-order chi connectivity index (χ1) is 11.1. The smallest absolute Gasteiger partial charge is 0.328 e. The van der Waals surface area contributed by atoms with E-state index in [-0.39, 0.29) is 12.5 Å². The summed E-state index contributed by atoms with van der Waals surface area (Å²) in [6.07, 6.45) is 2.82. The molecule has 2 N–H and O–H groups in total. The predicted octanol–water partition coefficient (Wildman–Crippen LogP) is 1.72. The minimum Gasteiger partial charge on any atom is -0.480 e. The van der Waals surface area contributed by atoms with Gasteiger partial charge in [0.15, 0.2) is 6.04 Å². The number of rotatable bonds is 4. The Morgan fingerprint density at radius 1 is 1.43 bits per heavy atom. The molecule has 3 rings (SSSR count). The maximum atomic E-state index is 12.4. The Labute approximate surface area is 134 Å². The summed E-state index contributed by atoms with van der Waals surface area (Å²) in [4.78, 5) is 28.3. The number of nitrogens with zero attached hydrogens (tertiary/aromatic N) is 1. The highest BCUT2D eigenvalue weighted by Crippen LogP contribution is 2.22. The van der Waals surface area contributed by atoms with Gasteiger partial charge in [-0.2, -0.15) is 0 Å². The molecule has 1 amide bonds. The molecule has 1 aromatic carbocycles. The molecule has 122 valence electrons. The second-order valence-corrected chi connectivity index (χ2v) is 5.83. The fraction of sp³-hybridized carbons (Fsp3) is 0.412. The minimum atomic E-state index is -1.01. The van der Waals surface area contributed by atoms with E-state index in [2.05, 4.69) is 4.98 Å². The minimum absolute atomic E-state index is 0.0629. The largest absolute Gasteiger partial charge is 0.480 e. The van der Waals surface area contributed by atoms with Gasteiger partial charge in [-0.25, -0.2) is 4.79 Å². The number of para-hydroxylation sites is 1. The Balaban J connectivity index is 1.70. The lowest BCUT2D eigenvalue weighted by Crippen LogP contribution is -2.52. The first kappa shape index (κ1) is 15.6. The number of aryl methyl sites for hydroxylation is 2. The highest BCUT2D eigenvalue weighted by atomic mass is 16.5. The summed E-state index contributed by atoms with van der Waals surface area (Å²) in [5, 5.41) is 10.3. The lowest BCUT2D eigenvalue weighted by Gasteiger charge is -2.32. The van der Waals surface area contributed by atoms with Crippen LogP contribution < -0.4 is 0 Å². The second kappa shape index (κ2) is 6.42. The van der Waals surface area contributed by atoms with Crippen molar-refractivity contribution in [1.29, 1.82) is 0 Å². The summed E-state index contributed by atoms with van der Waals surface area (Å²) in [6.45, 7) is 2.83. The van der Waals surface area contributed by atoms with Gasteiger partial charge in [0.05, 0.1) is 13.2 Å². The molecule has 1 saturated heterocycles. The molecule has 1 aliphatic rings. The average Bonchev–Trinajstić information content (AvgIpc) is 2.97. The molecule has 2 heterocycles. The summed E-state index contributed by atoms with van der Waals surface area (Å²) < 4.78 is 5.17. The van der Waals surface area contributed by atoms with Crippen LogP contribution in [0.4, 0.5) is 0 Å². The molecule has 23 heavy (non-hydrogen) atoms. The van der Waals surface area contributed by atoms with Crippen molar-refractivity contribution >= 4 is 22.8 Å². The Morgan fingerprint density at radius 3 is 3.04 bits per heavy atom. The van der Waals surface area contributed by atoms with E-state index in [1.54, 1.807) is 0 Å². The van der Waals surface area contributed by atoms with Crippen molar-refractivity contribution in [2.75, 3.05) is 19.8 Å². The van der Waals surface area contributed by atoms with Crippen LogP contribution in [0.5, 0.6) is 0 Å². The van der Waals surface area contributed by atoms with E-state index in [4.69, 9.17) is 4.74 Å². The van der Waals surface area contributed by atoms with Gasteiger partial charge in [-0.3, -0.25) is 4.79 Å². The maximum absolute atomic E-state index is 12.4. The van der Waals surface area contributed by atoms with Crippen molar-refractivity contribution < 1.29 is 19.4 Å². The monoisotopic (exact) mass is 316 g/mol. The third-order valence-electron chi connectivity index (χ3n) is 4.35. The van der Waals surface area contributed by atoms with Crippen LogP contribution in [0, 0.1) is 6.92 Å². The van der Waals surface area contributed by atoms with Crippen molar-refractivity contribution in [2.45, 2.75) is 25.8 Å². The van der Waals surface area contributed by atoms with Gasteiger partial charge in [0.2, 0.25) is 5.91 Å². The standard InChI is InChI=1S/C17H20N2O4/c1-11-3-2-4-13-12(9-18-16(11)13)5-6-15(20)19-7-8-23-10-14(19)17(21)22/h2-4,9,14,18H,5-8,10H2,1H3,(H,21,22)/t14-/m1/s1. The van der Waals surface area contributed by atoms with Gasteiger partial charge in [-0.15, -0.1) is 0 Å². The van der Waals surface area contributed by atoms with Crippen LogP contribution in [-0.2, 0) is 20.7 Å². The first-order valence-corrected chi connectivity index (χ1v) is 7.73. The molecule has 0 spiro atoms. The Kier molecular flexibility index (Phi) is 4.34. The zero-order chi connectivity index (χ0) is 16.4. The third-order valence-corrected chi connectivity index (χ3v) is 4.35. The number of amides is 1. The van der Waals surface area contributed by atoms with Gasteiger partial charge >= 0.3 is 5.97 Å². The van der Waals surface area contributed by atoms with Crippen LogP contribution in [-0.4, -0.2) is 52.7 Å². The average molecular weight is 316 g/mol. The van der Waals surface area contributed by atoms with Gasteiger partial charge in [0.1, 0.15) is 0 Å². The third kappa shape index (κ3) is 3.07. The Bertz CT molecular complexity index is 737.